The number of methoxy groups -OCH3 is 1. The van der Waals surface area contributed by atoms with E-state index in [9.17, 15) is 14.7 Å². The maximum Gasteiger partial charge on any atom is 0.338 e. The van der Waals surface area contributed by atoms with Gasteiger partial charge in [0.2, 0.25) is 0 Å². The highest BCUT2D eigenvalue weighted by molar-refractivity contribution is 7.81. The van der Waals surface area contributed by atoms with E-state index in [2.05, 4.69) is 18.2 Å². The SMILES string of the molecule is COC(=O)c1ccccc1CC[C@H](c1cccc(C=Cc2ccc3ccc(Cl)cc3n2)c1)C(S)C1CC1CC(=O)O. The Morgan fingerprint density at radius 2 is 1.88 bits per heavy atom. The van der Waals surface area contributed by atoms with Gasteiger partial charge in [-0.15, -0.1) is 0 Å². The number of aliphatic carboxylic acids is 1. The molecule has 5 nitrogen and oxygen atoms in total. The van der Waals surface area contributed by atoms with Crippen molar-refractivity contribution in [1.82, 2.24) is 4.98 Å². The highest BCUT2D eigenvalue weighted by Crippen LogP contribution is 2.50. The van der Waals surface area contributed by atoms with E-state index in [1.807, 2.05) is 66.7 Å². The monoisotopic (exact) mass is 585 g/mol. The van der Waals surface area contributed by atoms with Crippen LogP contribution in [0.15, 0.2) is 78.9 Å². The van der Waals surface area contributed by atoms with Crippen LogP contribution in [0.25, 0.3) is 23.1 Å². The van der Waals surface area contributed by atoms with E-state index >= 15 is 0 Å². The van der Waals surface area contributed by atoms with E-state index in [0.717, 1.165) is 46.1 Å². The highest BCUT2D eigenvalue weighted by Gasteiger charge is 2.45. The zero-order valence-corrected chi connectivity index (χ0v) is 24.4. The zero-order chi connectivity index (χ0) is 28.9. The lowest BCUT2D eigenvalue weighted by atomic mass is 9.85. The Morgan fingerprint density at radius 3 is 2.68 bits per heavy atom. The number of thiol groups is 1. The number of aryl methyl sites for hydroxylation is 1. The molecular weight excluding hydrogens is 554 g/mol. The number of carbonyl (C=O) groups is 2. The molecule has 0 amide bonds. The minimum atomic E-state index is -0.765. The van der Waals surface area contributed by atoms with Gasteiger partial charge in [-0.05, 0) is 84.0 Å². The predicted molar refractivity (Wildman–Crippen MR) is 168 cm³/mol. The van der Waals surface area contributed by atoms with E-state index in [0.29, 0.717) is 17.0 Å². The molecule has 1 heterocycles. The molecule has 1 saturated carbocycles. The number of carbonyl (C=O) groups excluding carboxylic acids is 1. The Labute approximate surface area is 250 Å². The topological polar surface area (TPSA) is 76.5 Å². The van der Waals surface area contributed by atoms with Crippen molar-refractivity contribution in [2.24, 2.45) is 11.8 Å². The maximum absolute atomic E-state index is 12.4. The second-order valence-corrected chi connectivity index (χ2v) is 11.7. The molecule has 1 aliphatic carbocycles. The number of carboxylic acids is 1. The molecule has 4 aromatic rings. The minimum Gasteiger partial charge on any atom is -0.481 e. The normalized spacial score (nSPS) is 17.8. The summed E-state index contributed by atoms with van der Waals surface area (Å²) in [5.41, 5.74) is 5.36. The van der Waals surface area contributed by atoms with Crippen molar-refractivity contribution >= 4 is 59.2 Å². The van der Waals surface area contributed by atoms with Crippen molar-refractivity contribution in [3.63, 3.8) is 0 Å². The summed E-state index contributed by atoms with van der Waals surface area (Å²) in [5.74, 6) is -0.654. The van der Waals surface area contributed by atoms with Gasteiger partial charge in [-0.2, -0.15) is 12.6 Å². The van der Waals surface area contributed by atoms with Crippen LogP contribution in [0.1, 0.15) is 57.9 Å². The van der Waals surface area contributed by atoms with Crippen LogP contribution in [0.3, 0.4) is 0 Å². The summed E-state index contributed by atoms with van der Waals surface area (Å²) in [6, 6.07) is 25.6. The number of ether oxygens (including phenoxy) is 1. The number of halogens is 1. The van der Waals surface area contributed by atoms with Gasteiger partial charge in [-0.3, -0.25) is 4.79 Å². The summed E-state index contributed by atoms with van der Waals surface area (Å²) in [6.07, 6.45) is 6.51. The first-order valence-electron chi connectivity index (χ1n) is 13.7. The summed E-state index contributed by atoms with van der Waals surface area (Å²) in [4.78, 5) is 28.4. The molecule has 3 unspecified atom stereocenters. The van der Waals surface area contributed by atoms with E-state index < -0.39 is 5.97 Å². The Balaban J connectivity index is 1.39. The molecule has 0 bridgehead atoms. The quantitative estimate of drug-likeness (QED) is 0.138. The second-order valence-electron chi connectivity index (χ2n) is 10.6. The lowest BCUT2D eigenvalue weighted by molar-refractivity contribution is -0.137. The average molecular weight is 586 g/mol. The molecule has 3 aromatic carbocycles. The molecule has 1 N–H and O–H groups in total. The van der Waals surface area contributed by atoms with Gasteiger partial charge in [0, 0.05) is 22.1 Å². The molecule has 0 aliphatic heterocycles. The number of nitrogens with zero attached hydrogens (tertiary/aromatic N) is 1. The number of fused-ring (bicyclic) bond motifs is 1. The van der Waals surface area contributed by atoms with Crippen LogP contribution in [-0.2, 0) is 16.0 Å². The molecular formula is C34H32ClNO4S. The molecule has 1 aliphatic rings. The number of aromatic nitrogens is 1. The molecule has 0 radical (unpaired) electrons. The van der Waals surface area contributed by atoms with Gasteiger partial charge >= 0.3 is 11.9 Å². The molecule has 7 heteroatoms. The van der Waals surface area contributed by atoms with Gasteiger partial charge < -0.3 is 9.84 Å². The van der Waals surface area contributed by atoms with Gasteiger partial charge in [-0.1, -0.05) is 72.3 Å². The van der Waals surface area contributed by atoms with E-state index in [1.165, 1.54) is 7.11 Å². The number of rotatable bonds is 11. The number of hydrogen-bond acceptors (Lipinski definition) is 5. The third-order valence-corrected chi connectivity index (χ3v) is 8.85. The molecule has 1 aromatic heterocycles. The number of esters is 1. The van der Waals surface area contributed by atoms with Crippen molar-refractivity contribution < 1.29 is 19.4 Å². The first kappa shape index (κ1) is 28.9. The standard InChI is InChI=1S/C34H32ClNO4S/c1-40-34(39)29-8-3-2-6-22(29)12-16-28(33(41)30-18-25(30)19-32(37)38)24-7-4-5-21(17-24)9-14-27-15-11-23-10-13-26(35)20-31(23)36-27/h2-11,13-15,17,20,25,28,30,33,41H,12,16,18-19H2,1H3,(H,37,38)/t25?,28-,30?,33?/m1/s1. The maximum atomic E-state index is 12.4. The fourth-order valence-electron chi connectivity index (χ4n) is 5.61. The molecule has 0 saturated heterocycles. The molecule has 5 rings (SSSR count). The van der Waals surface area contributed by atoms with Crippen LogP contribution in [0, 0.1) is 11.8 Å². The largest absolute Gasteiger partial charge is 0.481 e. The third-order valence-electron chi connectivity index (χ3n) is 7.87. The second kappa shape index (κ2) is 12.9. The third kappa shape index (κ3) is 7.19. The fourth-order valence-corrected chi connectivity index (χ4v) is 6.47. The van der Waals surface area contributed by atoms with Crippen LogP contribution in [0.4, 0.5) is 0 Å². The fraction of sp³-hybridized carbons (Fsp3) is 0.265. The Morgan fingerprint density at radius 1 is 1.07 bits per heavy atom. The highest BCUT2D eigenvalue weighted by atomic mass is 35.5. The van der Waals surface area contributed by atoms with E-state index in [4.69, 9.17) is 34.0 Å². The molecule has 0 spiro atoms. The van der Waals surface area contributed by atoms with Gasteiger partial charge in [-0.25, -0.2) is 9.78 Å². The smallest absolute Gasteiger partial charge is 0.338 e. The Hall–Kier alpha value is -3.61. The lowest BCUT2D eigenvalue weighted by Gasteiger charge is -2.25. The molecule has 210 valence electrons. The van der Waals surface area contributed by atoms with Crippen LogP contribution < -0.4 is 0 Å². The van der Waals surface area contributed by atoms with Crippen LogP contribution in [-0.4, -0.2) is 34.4 Å². The number of hydrogen-bond donors (Lipinski definition) is 2. The van der Waals surface area contributed by atoms with Crippen molar-refractivity contribution in [2.45, 2.75) is 36.9 Å². The number of carboxylic acid groups (broad SMARTS) is 1. The minimum absolute atomic E-state index is 0.00392. The summed E-state index contributed by atoms with van der Waals surface area (Å²) in [7, 11) is 1.39. The van der Waals surface area contributed by atoms with Crippen molar-refractivity contribution in [3.05, 3.63) is 112 Å². The van der Waals surface area contributed by atoms with Gasteiger partial charge in [0.1, 0.15) is 0 Å². The van der Waals surface area contributed by atoms with Gasteiger partial charge in [0.25, 0.3) is 0 Å². The molecule has 1 fully saturated rings. The van der Waals surface area contributed by atoms with Crippen LogP contribution in [0.2, 0.25) is 5.02 Å². The predicted octanol–water partition coefficient (Wildman–Crippen LogP) is 7.97. The van der Waals surface area contributed by atoms with Crippen LogP contribution >= 0.6 is 24.2 Å². The first-order valence-corrected chi connectivity index (χ1v) is 14.6. The van der Waals surface area contributed by atoms with Crippen LogP contribution in [0.5, 0.6) is 0 Å². The molecule has 4 atom stereocenters. The summed E-state index contributed by atoms with van der Waals surface area (Å²) in [6.45, 7) is 0. The van der Waals surface area contributed by atoms with Crippen molar-refractivity contribution in [2.75, 3.05) is 7.11 Å². The zero-order valence-electron chi connectivity index (χ0n) is 22.7. The summed E-state index contributed by atoms with van der Waals surface area (Å²) >= 11 is 11.2. The van der Waals surface area contributed by atoms with E-state index in [1.54, 1.807) is 6.07 Å². The lowest BCUT2D eigenvalue weighted by Crippen LogP contribution is -2.18. The number of benzene rings is 3. The Kier molecular flexibility index (Phi) is 9.11. The Bertz CT molecular complexity index is 1600. The number of pyridine rings is 1. The summed E-state index contributed by atoms with van der Waals surface area (Å²) in [5, 5.41) is 11.0. The van der Waals surface area contributed by atoms with Crippen molar-refractivity contribution in [3.8, 4) is 0 Å². The van der Waals surface area contributed by atoms with Crippen molar-refractivity contribution in [1.29, 1.82) is 0 Å². The van der Waals surface area contributed by atoms with Gasteiger partial charge in [0.15, 0.2) is 0 Å². The first-order chi connectivity index (χ1) is 19.8. The summed E-state index contributed by atoms with van der Waals surface area (Å²) < 4.78 is 4.99. The van der Waals surface area contributed by atoms with Gasteiger partial charge in [0.05, 0.1) is 23.9 Å². The average Bonchev–Trinajstić information content (AvgIpc) is 3.74. The van der Waals surface area contributed by atoms with E-state index in [-0.39, 0.29) is 35.4 Å². The molecule has 41 heavy (non-hydrogen) atoms.